The second-order valence-corrected chi connectivity index (χ2v) is 8.68. The van der Waals surface area contributed by atoms with Crippen LogP contribution >= 0.6 is 0 Å². The number of ether oxygens (including phenoxy) is 1. The number of hydrogen-bond donors (Lipinski definition) is 1. The van der Waals surface area contributed by atoms with Gasteiger partial charge in [-0.1, -0.05) is 104 Å². The van der Waals surface area contributed by atoms with Crippen LogP contribution in [0.4, 0.5) is 0 Å². The molecule has 0 aromatic heterocycles. The van der Waals surface area contributed by atoms with Crippen molar-refractivity contribution in [1.82, 2.24) is 0 Å². The van der Waals surface area contributed by atoms with Crippen LogP contribution in [-0.4, -0.2) is 17.7 Å². The summed E-state index contributed by atoms with van der Waals surface area (Å²) in [7, 11) is 0. The molecular formula is C27H46O3. The third kappa shape index (κ3) is 12.9. The van der Waals surface area contributed by atoms with Crippen LogP contribution in [0.5, 0.6) is 5.75 Å². The summed E-state index contributed by atoms with van der Waals surface area (Å²) in [6.07, 6.45) is 21.3. The molecule has 3 heteroatoms. The molecule has 1 N–H and O–H groups in total. The summed E-state index contributed by atoms with van der Waals surface area (Å²) >= 11 is 0. The van der Waals surface area contributed by atoms with E-state index in [1.54, 1.807) is 18.2 Å². The summed E-state index contributed by atoms with van der Waals surface area (Å²) in [6, 6.07) is 5.03. The molecule has 1 rings (SSSR count). The third-order valence-corrected chi connectivity index (χ3v) is 5.85. The largest absolute Gasteiger partial charge is 0.508 e. The summed E-state index contributed by atoms with van der Waals surface area (Å²) in [5.74, 6) is -0.00517. The maximum absolute atomic E-state index is 12.2. The van der Waals surface area contributed by atoms with Crippen LogP contribution in [0, 0.1) is 0 Å². The number of phenols is 1. The Balaban J connectivity index is 1.98. The predicted molar refractivity (Wildman–Crippen MR) is 127 cm³/mol. The minimum Gasteiger partial charge on any atom is -0.508 e. The number of rotatable bonds is 19. The van der Waals surface area contributed by atoms with E-state index < -0.39 is 0 Å². The summed E-state index contributed by atoms with van der Waals surface area (Å²) < 4.78 is 5.41. The van der Waals surface area contributed by atoms with Crippen LogP contribution < -0.4 is 0 Å². The second kappa shape index (κ2) is 18.3. The maximum atomic E-state index is 12.2. The molecule has 0 aliphatic carbocycles. The zero-order chi connectivity index (χ0) is 21.9. The van der Waals surface area contributed by atoms with Gasteiger partial charge in [0, 0.05) is 0 Å². The number of aromatic hydroxyl groups is 1. The average molecular weight is 419 g/mol. The lowest BCUT2D eigenvalue weighted by Crippen LogP contribution is -2.07. The highest BCUT2D eigenvalue weighted by Crippen LogP contribution is 2.21. The Hall–Kier alpha value is -1.51. The smallest absolute Gasteiger partial charge is 0.338 e. The number of unbranched alkanes of at least 4 members (excludes halogenated alkanes) is 14. The molecule has 0 atom stereocenters. The molecule has 0 heterocycles. The van der Waals surface area contributed by atoms with Crippen LogP contribution in [0.1, 0.15) is 133 Å². The van der Waals surface area contributed by atoms with Crippen molar-refractivity contribution in [2.75, 3.05) is 6.61 Å². The summed E-state index contributed by atoms with van der Waals surface area (Å²) in [6.45, 7) is 4.88. The van der Waals surface area contributed by atoms with E-state index in [2.05, 4.69) is 13.8 Å². The highest BCUT2D eigenvalue weighted by molar-refractivity contribution is 5.89. The molecule has 0 fully saturated rings. The number of benzene rings is 1. The molecule has 1 aromatic carbocycles. The van der Waals surface area contributed by atoms with Gasteiger partial charge in [0.2, 0.25) is 0 Å². The molecule has 0 unspecified atom stereocenters. The van der Waals surface area contributed by atoms with Crippen LogP contribution in [0.3, 0.4) is 0 Å². The molecule has 3 nitrogen and oxygen atoms in total. The van der Waals surface area contributed by atoms with Crippen LogP contribution in [0.2, 0.25) is 0 Å². The van der Waals surface area contributed by atoms with Gasteiger partial charge < -0.3 is 9.84 Å². The molecule has 172 valence electrons. The fraction of sp³-hybridized carbons (Fsp3) is 0.741. The normalized spacial score (nSPS) is 11.0. The number of esters is 1. The van der Waals surface area contributed by atoms with Gasteiger partial charge in [-0.15, -0.1) is 0 Å². The van der Waals surface area contributed by atoms with Gasteiger partial charge in [-0.3, -0.25) is 0 Å². The van der Waals surface area contributed by atoms with E-state index in [1.165, 1.54) is 77.0 Å². The average Bonchev–Trinajstić information content (AvgIpc) is 2.75. The van der Waals surface area contributed by atoms with Crippen molar-refractivity contribution >= 4 is 5.97 Å². The van der Waals surface area contributed by atoms with E-state index in [1.807, 2.05) is 0 Å². The van der Waals surface area contributed by atoms with Crippen molar-refractivity contribution < 1.29 is 14.6 Å². The molecule has 0 spiro atoms. The first-order valence-electron chi connectivity index (χ1n) is 12.7. The summed E-state index contributed by atoms with van der Waals surface area (Å²) in [5.41, 5.74) is 1.38. The maximum Gasteiger partial charge on any atom is 0.338 e. The van der Waals surface area contributed by atoms with E-state index in [0.29, 0.717) is 12.2 Å². The quantitative estimate of drug-likeness (QED) is 0.181. The Labute approximate surface area is 185 Å². The monoisotopic (exact) mass is 418 g/mol. The first kappa shape index (κ1) is 26.5. The van der Waals surface area contributed by atoms with Crippen LogP contribution in [0.15, 0.2) is 18.2 Å². The Morgan fingerprint density at radius 3 is 1.77 bits per heavy atom. The first-order chi connectivity index (χ1) is 14.7. The van der Waals surface area contributed by atoms with E-state index >= 15 is 0 Å². The van der Waals surface area contributed by atoms with Gasteiger partial charge in [0.25, 0.3) is 0 Å². The van der Waals surface area contributed by atoms with Gasteiger partial charge in [-0.05, 0) is 43.0 Å². The molecule has 1 aromatic rings. The molecule has 0 saturated carbocycles. The molecule has 0 radical (unpaired) electrons. The number of aryl methyl sites for hydroxylation is 1. The highest BCUT2D eigenvalue weighted by atomic mass is 16.5. The van der Waals surface area contributed by atoms with Crippen LogP contribution in [-0.2, 0) is 11.2 Å². The van der Waals surface area contributed by atoms with Gasteiger partial charge in [0.15, 0.2) is 0 Å². The second-order valence-electron chi connectivity index (χ2n) is 8.68. The van der Waals surface area contributed by atoms with Gasteiger partial charge in [0.05, 0.1) is 12.2 Å². The molecule has 0 aliphatic rings. The summed E-state index contributed by atoms with van der Waals surface area (Å²) in [4.78, 5) is 12.2. The van der Waals surface area contributed by atoms with Crippen molar-refractivity contribution in [3.05, 3.63) is 29.3 Å². The van der Waals surface area contributed by atoms with Crippen molar-refractivity contribution in [1.29, 1.82) is 0 Å². The van der Waals surface area contributed by atoms with Crippen LogP contribution in [0.25, 0.3) is 0 Å². The van der Waals surface area contributed by atoms with Gasteiger partial charge in [0.1, 0.15) is 5.75 Å². The Kier molecular flexibility index (Phi) is 16.2. The fourth-order valence-electron chi connectivity index (χ4n) is 3.82. The van der Waals surface area contributed by atoms with Crippen molar-refractivity contribution in [3.63, 3.8) is 0 Å². The summed E-state index contributed by atoms with van der Waals surface area (Å²) in [5, 5.41) is 9.91. The zero-order valence-electron chi connectivity index (χ0n) is 19.7. The minimum atomic E-state index is -0.276. The standard InChI is InChI=1S/C27H46O3/c1-3-5-7-8-9-10-11-12-13-14-15-16-17-18-22-30-27(29)25-20-21-26(28)24(23-25)19-6-4-2/h20-21,23,28H,3-19,22H2,1-2H3. The van der Waals surface area contributed by atoms with E-state index in [9.17, 15) is 9.90 Å². The lowest BCUT2D eigenvalue weighted by atomic mass is 10.0. The lowest BCUT2D eigenvalue weighted by Gasteiger charge is -2.08. The van der Waals surface area contributed by atoms with Gasteiger partial charge >= 0.3 is 5.97 Å². The molecule has 0 amide bonds. The number of carbonyl (C=O) groups is 1. The highest BCUT2D eigenvalue weighted by Gasteiger charge is 2.10. The lowest BCUT2D eigenvalue weighted by molar-refractivity contribution is 0.0497. The molecule has 30 heavy (non-hydrogen) atoms. The SMILES string of the molecule is CCCCCCCCCCCCCCCCOC(=O)c1ccc(O)c(CCCC)c1. The minimum absolute atomic E-state index is 0.270. The number of carbonyl (C=O) groups excluding carboxylic acids is 1. The van der Waals surface area contributed by atoms with Crippen molar-refractivity contribution in [2.45, 2.75) is 123 Å². The third-order valence-electron chi connectivity index (χ3n) is 5.85. The number of phenolic OH excluding ortho intramolecular Hbond substituents is 1. The van der Waals surface area contributed by atoms with Crippen molar-refractivity contribution in [2.24, 2.45) is 0 Å². The van der Waals surface area contributed by atoms with E-state index in [4.69, 9.17) is 4.74 Å². The molecule has 0 bridgehead atoms. The van der Waals surface area contributed by atoms with Crippen molar-refractivity contribution in [3.8, 4) is 5.75 Å². The first-order valence-corrected chi connectivity index (χ1v) is 12.7. The number of hydrogen-bond acceptors (Lipinski definition) is 3. The topological polar surface area (TPSA) is 46.5 Å². The molecule has 0 saturated heterocycles. The predicted octanol–water partition coefficient (Wildman–Crippen LogP) is 8.37. The van der Waals surface area contributed by atoms with Gasteiger partial charge in [-0.2, -0.15) is 0 Å². The van der Waals surface area contributed by atoms with E-state index in [-0.39, 0.29) is 11.7 Å². The molecule has 0 aliphatic heterocycles. The Morgan fingerprint density at radius 2 is 1.23 bits per heavy atom. The molecular weight excluding hydrogens is 372 g/mol. The van der Waals surface area contributed by atoms with E-state index in [0.717, 1.165) is 37.7 Å². The fourth-order valence-corrected chi connectivity index (χ4v) is 3.82. The zero-order valence-corrected chi connectivity index (χ0v) is 19.7. The Morgan fingerprint density at radius 1 is 0.733 bits per heavy atom. The Bertz CT molecular complexity index is 553. The van der Waals surface area contributed by atoms with Gasteiger partial charge in [-0.25, -0.2) is 4.79 Å².